The monoisotopic (exact) mass is 422 g/mol. The van der Waals surface area contributed by atoms with Crippen molar-refractivity contribution in [1.82, 2.24) is 0 Å². The molecule has 0 unspecified atom stereocenters. The van der Waals surface area contributed by atoms with Crippen LogP contribution in [0, 0.1) is 0 Å². The van der Waals surface area contributed by atoms with Crippen LogP contribution in [0.1, 0.15) is 61.0 Å². The van der Waals surface area contributed by atoms with E-state index in [4.69, 9.17) is 18.6 Å². The summed E-state index contributed by atoms with van der Waals surface area (Å²) in [6, 6.07) is 7.13. The number of hydrogen-bond acceptors (Lipinski definition) is 5. The Morgan fingerprint density at radius 2 is 1.61 bits per heavy atom. The summed E-state index contributed by atoms with van der Waals surface area (Å²) in [6.45, 7) is 15.7. The molecule has 4 rings (SSSR count). The third-order valence-corrected chi connectivity index (χ3v) is 4.75. The van der Waals surface area contributed by atoms with Gasteiger partial charge in [-0.1, -0.05) is 0 Å². The number of benzene rings is 2. The Kier molecular flexibility index (Phi) is 4.65. The first-order valence-corrected chi connectivity index (χ1v) is 10.6. The van der Waals surface area contributed by atoms with Crippen molar-refractivity contribution in [2.45, 2.75) is 72.2 Å². The van der Waals surface area contributed by atoms with Crippen molar-refractivity contribution in [3.05, 3.63) is 46.1 Å². The third kappa shape index (κ3) is 4.27. The van der Waals surface area contributed by atoms with E-state index in [1.54, 1.807) is 18.2 Å². The van der Waals surface area contributed by atoms with E-state index in [1.165, 1.54) is 0 Å². The fourth-order valence-electron chi connectivity index (χ4n) is 3.64. The summed E-state index contributed by atoms with van der Waals surface area (Å²) >= 11 is 0. The molecule has 0 amide bonds. The molecule has 0 atom stereocenters. The van der Waals surface area contributed by atoms with E-state index in [9.17, 15) is 4.79 Å². The summed E-state index contributed by atoms with van der Waals surface area (Å²) in [4.78, 5) is 13.7. The van der Waals surface area contributed by atoms with Crippen molar-refractivity contribution < 1.29 is 18.6 Å². The Morgan fingerprint density at radius 3 is 2.26 bits per heavy atom. The maximum Gasteiger partial charge on any atom is 0.204 e. The van der Waals surface area contributed by atoms with E-state index >= 15 is 0 Å². The molecule has 0 saturated heterocycles. The van der Waals surface area contributed by atoms with Crippen molar-refractivity contribution >= 4 is 28.0 Å². The van der Waals surface area contributed by atoms with Gasteiger partial charge in [-0.25, -0.2) is 0 Å². The molecule has 2 aromatic carbocycles. The van der Waals surface area contributed by atoms with Crippen LogP contribution in [-0.2, 0) is 0 Å². The van der Waals surface area contributed by atoms with Gasteiger partial charge < -0.3 is 18.6 Å². The summed E-state index contributed by atoms with van der Waals surface area (Å²) in [5.41, 5.74) is 0.202. The fraction of sp³-hybridized carbons (Fsp3) is 0.423. The molecule has 3 aromatic rings. The number of hydrogen-bond donors (Lipinski definition) is 0. The SMILES string of the molecule is CC(C)(C)Oc1ccc2oc3c4c(cc(OC(C)(C)C)c3c(=O)c2c1)OC(C)(C)C=C4. The van der Waals surface area contributed by atoms with Crippen LogP contribution >= 0.6 is 0 Å². The first kappa shape index (κ1) is 21.3. The van der Waals surface area contributed by atoms with Crippen LogP contribution in [0.25, 0.3) is 28.0 Å². The molecule has 0 radical (unpaired) electrons. The largest absolute Gasteiger partial charge is 0.488 e. The smallest absolute Gasteiger partial charge is 0.204 e. The van der Waals surface area contributed by atoms with Crippen LogP contribution in [0.15, 0.2) is 39.6 Å². The highest BCUT2D eigenvalue weighted by Crippen LogP contribution is 2.42. The van der Waals surface area contributed by atoms with Crippen molar-refractivity contribution in [2.24, 2.45) is 0 Å². The van der Waals surface area contributed by atoms with Crippen molar-refractivity contribution in [3.63, 3.8) is 0 Å². The summed E-state index contributed by atoms with van der Waals surface area (Å²) < 4.78 is 24.6. The van der Waals surface area contributed by atoms with Gasteiger partial charge in [0.1, 0.15) is 45.0 Å². The summed E-state index contributed by atoms with van der Waals surface area (Å²) in [5, 5.41) is 0.857. The van der Waals surface area contributed by atoms with Crippen LogP contribution in [0.2, 0.25) is 0 Å². The number of rotatable bonds is 2. The molecule has 0 fully saturated rings. The fourth-order valence-corrected chi connectivity index (χ4v) is 3.64. The molecule has 1 aliphatic heterocycles. The van der Waals surface area contributed by atoms with Gasteiger partial charge in [0.2, 0.25) is 5.43 Å². The lowest BCUT2D eigenvalue weighted by Crippen LogP contribution is -2.28. The molecule has 0 aliphatic carbocycles. The van der Waals surface area contributed by atoms with Crippen LogP contribution in [0.4, 0.5) is 0 Å². The topological polar surface area (TPSA) is 57.9 Å². The second kappa shape index (κ2) is 6.78. The van der Waals surface area contributed by atoms with Gasteiger partial charge in [0.25, 0.3) is 0 Å². The lowest BCUT2D eigenvalue weighted by atomic mass is 9.99. The maximum atomic E-state index is 13.7. The Labute approximate surface area is 182 Å². The van der Waals surface area contributed by atoms with Gasteiger partial charge in [-0.15, -0.1) is 0 Å². The van der Waals surface area contributed by atoms with E-state index in [0.717, 1.165) is 5.56 Å². The van der Waals surface area contributed by atoms with Gasteiger partial charge in [-0.3, -0.25) is 4.79 Å². The van der Waals surface area contributed by atoms with E-state index < -0.39 is 11.2 Å². The van der Waals surface area contributed by atoms with Gasteiger partial charge in [-0.05, 0) is 85.7 Å². The lowest BCUT2D eigenvalue weighted by molar-refractivity contribution is 0.129. The molecular weight excluding hydrogens is 392 g/mol. The van der Waals surface area contributed by atoms with Gasteiger partial charge in [0, 0.05) is 6.07 Å². The molecule has 164 valence electrons. The molecule has 0 N–H and O–H groups in total. The quantitative estimate of drug-likeness (QED) is 0.442. The van der Waals surface area contributed by atoms with Crippen molar-refractivity contribution in [2.75, 3.05) is 0 Å². The standard InChI is InChI=1S/C26H30O5/c1-24(2,3)29-15-9-10-18-17(13-15)22(27)21-20(30-25(4,5)6)14-19-16(23(21)28-18)11-12-26(7,8)31-19/h9-14H,1-8H3. The molecule has 0 spiro atoms. The van der Waals surface area contributed by atoms with Gasteiger partial charge in [0.05, 0.1) is 10.9 Å². The zero-order chi connectivity index (χ0) is 22.8. The summed E-state index contributed by atoms with van der Waals surface area (Å²) in [7, 11) is 0. The molecule has 1 aliphatic rings. The highest BCUT2D eigenvalue weighted by Gasteiger charge is 2.28. The normalized spacial score (nSPS) is 15.6. The maximum absolute atomic E-state index is 13.7. The second-order valence-corrected chi connectivity index (χ2v) is 10.5. The van der Waals surface area contributed by atoms with Crippen LogP contribution in [-0.4, -0.2) is 16.8 Å². The van der Waals surface area contributed by atoms with E-state index in [0.29, 0.717) is 39.2 Å². The third-order valence-electron chi connectivity index (χ3n) is 4.75. The Balaban J connectivity index is 2.04. The molecule has 5 nitrogen and oxygen atoms in total. The Bertz CT molecular complexity index is 1260. The average Bonchev–Trinajstić information content (AvgIpc) is 2.58. The molecule has 31 heavy (non-hydrogen) atoms. The molecule has 2 heterocycles. The number of fused-ring (bicyclic) bond motifs is 4. The zero-order valence-electron chi connectivity index (χ0n) is 19.5. The Hall–Kier alpha value is -2.95. The Morgan fingerprint density at radius 1 is 0.935 bits per heavy atom. The lowest BCUT2D eigenvalue weighted by Gasteiger charge is -2.29. The molecule has 1 aromatic heterocycles. The van der Waals surface area contributed by atoms with Crippen molar-refractivity contribution in [3.8, 4) is 17.2 Å². The molecule has 0 saturated carbocycles. The first-order valence-electron chi connectivity index (χ1n) is 10.6. The van der Waals surface area contributed by atoms with Crippen LogP contribution in [0.3, 0.4) is 0 Å². The predicted molar refractivity (Wildman–Crippen MR) is 124 cm³/mol. The highest BCUT2D eigenvalue weighted by atomic mass is 16.5. The average molecular weight is 423 g/mol. The van der Waals surface area contributed by atoms with Crippen LogP contribution in [0.5, 0.6) is 17.2 Å². The van der Waals surface area contributed by atoms with E-state index in [2.05, 4.69) is 0 Å². The minimum Gasteiger partial charge on any atom is -0.488 e. The van der Waals surface area contributed by atoms with Gasteiger partial charge >= 0.3 is 0 Å². The zero-order valence-corrected chi connectivity index (χ0v) is 19.5. The predicted octanol–water partition coefficient (Wildman–Crippen LogP) is 6.49. The van der Waals surface area contributed by atoms with Gasteiger partial charge in [-0.2, -0.15) is 0 Å². The van der Waals surface area contributed by atoms with Crippen molar-refractivity contribution in [1.29, 1.82) is 0 Å². The van der Waals surface area contributed by atoms with E-state index in [-0.39, 0.29) is 11.0 Å². The van der Waals surface area contributed by atoms with Crippen LogP contribution < -0.4 is 19.6 Å². The van der Waals surface area contributed by atoms with E-state index in [1.807, 2.05) is 73.6 Å². The second-order valence-electron chi connectivity index (χ2n) is 10.5. The summed E-state index contributed by atoms with van der Waals surface area (Å²) in [5.74, 6) is 1.70. The minimum absolute atomic E-state index is 0.157. The number of ether oxygens (including phenoxy) is 3. The first-order chi connectivity index (χ1) is 14.2. The molecule has 5 heteroatoms. The minimum atomic E-state index is -0.500. The van der Waals surface area contributed by atoms with Gasteiger partial charge in [0.15, 0.2) is 5.58 Å². The molecular formula is C26H30O5. The molecule has 0 bridgehead atoms. The highest BCUT2D eigenvalue weighted by molar-refractivity contribution is 5.99. The summed E-state index contributed by atoms with van der Waals surface area (Å²) in [6.07, 6.45) is 3.91.